The van der Waals surface area contributed by atoms with Crippen molar-refractivity contribution >= 4 is 34.4 Å². The van der Waals surface area contributed by atoms with Crippen LogP contribution in [-0.2, 0) is 13.0 Å². The molecule has 1 unspecified atom stereocenters. The topological polar surface area (TPSA) is 17.8 Å². The Morgan fingerprint density at radius 2 is 2.35 bits per heavy atom. The van der Waals surface area contributed by atoms with Crippen LogP contribution in [0.5, 0.6) is 0 Å². The number of nitrogens with zero attached hydrogens (tertiary/aromatic N) is 2. The Bertz CT molecular complexity index is 620. The predicted molar refractivity (Wildman–Crippen MR) is 84.2 cm³/mol. The number of aryl methyl sites for hydroxylation is 1. The third-order valence-corrected chi connectivity index (χ3v) is 5.61. The molecule has 20 heavy (non-hydrogen) atoms. The molecule has 0 spiro atoms. The van der Waals surface area contributed by atoms with E-state index in [1.54, 1.807) is 0 Å². The molecule has 0 amide bonds. The Morgan fingerprint density at radius 1 is 1.50 bits per heavy atom. The molecule has 3 rings (SSSR count). The molecule has 1 atom stereocenters. The van der Waals surface area contributed by atoms with Gasteiger partial charge in [0, 0.05) is 29.7 Å². The van der Waals surface area contributed by atoms with Gasteiger partial charge < -0.3 is 4.57 Å². The van der Waals surface area contributed by atoms with Crippen molar-refractivity contribution in [3.63, 3.8) is 0 Å². The van der Waals surface area contributed by atoms with Gasteiger partial charge in [-0.25, -0.2) is 9.37 Å². The van der Waals surface area contributed by atoms with Crippen molar-refractivity contribution in [2.45, 2.75) is 37.5 Å². The quantitative estimate of drug-likeness (QED) is 0.786. The Hall–Kier alpha value is -0.740. The van der Waals surface area contributed by atoms with Crippen LogP contribution in [-0.4, -0.2) is 25.9 Å². The van der Waals surface area contributed by atoms with Gasteiger partial charge in [-0.3, -0.25) is 0 Å². The van der Waals surface area contributed by atoms with Gasteiger partial charge in [-0.15, -0.1) is 11.6 Å². The molecule has 1 aliphatic rings. The van der Waals surface area contributed by atoms with Gasteiger partial charge in [0.2, 0.25) is 0 Å². The number of hydrogen-bond acceptors (Lipinski definition) is 2. The zero-order valence-electron chi connectivity index (χ0n) is 11.5. The van der Waals surface area contributed by atoms with Crippen LogP contribution in [0.4, 0.5) is 4.39 Å². The number of rotatable bonds is 4. The van der Waals surface area contributed by atoms with Gasteiger partial charge in [0.15, 0.2) is 0 Å². The molecule has 2 heterocycles. The summed E-state index contributed by atoms with van der Waals surface area (Å²) in [6.07, 6.45) is 3.21. The van der Waals surface area contributed by atoms with Crippen LogP contribution >= 0.6 is 23.4 Å². The third-order valence-electron chi connectivity index (χ3n) is 3.90. The number of imidazole rings is 1. The molecule has 108 valence electrons. The van der Waals surface area contributed by atoms with Crippen LogP contribution < -0.4 is 0 Å². The minimum Gasteiger partial charge on any atom is -0.327 e. The fraction of sp³-hybridized carbons (Fsp3) is 0.533. The molecule has 1 aliphatic heterocycles. The normalized spacial score (nSPS) is 22.8. The lowest BCUT2D eigenvalue weighted by Gasteiger charge is -2.24. The van der Waals surface area contributed by atoms with Crippen molar-refractivity contribution in [2.24, 2.45) is 0 Å². The largest absolute Gasteiger partial charge is 0.327 e. The minimum absolute atomic E-state index is 0.235. The van der Waals surface area contributed by atoms with Gasteiger partial charge in [-0.1, -0.05) is 0 Å². The number of benzene rings is 1. The molecule has 2 aromatic rings. The first kappa shape index (κ1) is 14.2. The van der Waals surface area contributed by atoms with E-state index in [1.807, 2.05) is 17.8 Å². The highest BCUT2D eigenvalue weighted by molar-refractivity contribution is 8.00. The molecule has 0 saturated carbocycles. The SMILES string of the molecule is CC1(Cn2c(CCCl)nc3cc(F)ccc32)CCCS1. The first-order valence-electron chi connectivity index (χ1n) is 6.96. The zero-order chi connectivity index (χ0) is 14.2. The van der Waals surface area contributed by atoms with E-state index in [1.165, 1.54) is 30.7 Å². The summed E-state index contributed by atoms with van der Waals surface area (Å²) in [5.41, 5.74) is 1.75. The fourth-order valence-electron chi connectivity index (χ4n) is 2.90. The van der Waals surface area contributed by atoms with E-state index in [0.29, 0.717) is 5.88 Å². The average molecular weight is 313 g/mol. The smallest absolute Gasteiger partial charge is 0.125 e. The van der Waals surface area contributed by atoms with Crippen LogP contribution in [0.15, 0.2) is 18.2 Å². The zero-order valence-corrected chi connectivity index (χ0v) is 13.1. The van der Waals surface area contributed by atoms with E-state index in [-0.39, 0.29) is 10.6 Å². The van der Waals surface area contributed by atoms with Gasteiger partial charge in [-0.05, 0) is 37.7 Å². The number of thioether (sulfide) groups is 1. The highest BCUT2D eigenvalue weighted by Crippen LogP contribution is 2.40. The van der Waals surface area contributed by atoms with Gasteiger partial charge in [0.25, 0.3) is 0 Å². The van der Waals surface area contributed by atoms with Gasteiger partial charge in [0.1, 0.15) is 11.6 Å². The number of halogens is 2. The van der Waals surface area contributed by atoms with E-state index in [4.69, 9.17) is 11.6 Å². The second-order valence-corrected chi connectivity index (χ2v) is 7.65. The number of fused-ring (bicyclic) bond motifs is 1. The molecule has 1 aromatic heterocycles. The third kappa shape index (κ3) is 2.68. The van der Waals surface area contributed by atoms with Crippen molar-refractivity contribution in [3.8, 4) is 0 Å². The van der Waals surface area contributed by atoms with Crippen molar-refractivity contribution in [1.82, 2.24) is 9.55 Å². The predicted octanol–water partition coefficient (Wildman–Crippen LogP) is 4.24. The lowest BCUT2D eigenvalue weighted by atomic mass is 10.1. The maximum Gasteiger partial charge on any atom is 0.125 e. The first-order chi connectivity index (χ1) is 9.61. The maximum atomic E-state index is 13.4. The summed E-state index contributed by atoms with van der Waals surface area (Å²) in [5.74, 6) is 2.49. The summed E-state index contributed by atoms with van der Waals surface area (Å²) in [6, 6.07) is 4.85. The molecular weight excluding hydrogens is 295 g/mol. The molecule has 1 aromatic carbocycles. The van der Waals surface area contributed by atoms with E-state index < -0.39 is 0 Å². The highest BCUT2D eigenvalue weighted by atomic mass is 35.5. The van der Waals surface area contributed by atoms with Gasteiger partial charge in [-0.2, -0.15) is 11.8 Å². The van der Waals surface area contributed by atoms with Crippen LogP contribution in [0.3, 0.4) is 0 Å². The van der Waals surface area contributed by atoms with Gasteiger partial charge in [0.05, 0.1) is 11.0 Å². The highest BCUT2D eigenvalue weighted by Gasteiger charge is 2.31. The molecule has 2 nitrogen and oxygen atoms in total. The summed E-state index contributed by atoms with van der Waals surface area (Å²) in [7, 11) is 0. The molecule has 1 fully saturated rings. The molecule has 1 saturated heterocycles. The average Bonchev–Trinajstić information content (AvgIpc) is 2.96. The summed E-state index contributed by atoms with van der Waals surface area (Å²) in [4.78, 5) is 4.57. The Morgan fingerprint density at radius 3 is 3.05 bits per heavy atom. The van der Waals surface area contributed by atoms with E-state index in [9.17, 15) is 4.39 Å². The van der Waals surface area contributed by atoms with Crippen LogP contribution in [0, 0.1) is 5.82 Å². The second kappa shape index (κ2) is 5.57. The van der Waals surface area contributed by atoms with Crippen LogP contribution in [0.1, 0.15) is 25.6 Å². The van der Waals surface area contributed by atoms with Crippen LogP contribution in [0.2, 0.25) is 0 Å². The van der Waals surface area contributed by atoms with Gasteiger partial charge >= 0.3 is 0 Å². The second-order valence-electron chi connectivity index (χ2n) is 5.59. The fourth-order valence-corrected chi connectivity index (χ4v) is 4.36. The van der Waals surface area contributed by atoms with E-state index in [0.717, 1.165) is 29.8 Å². The van der Waals surface area contributed by atoms with E-state index in [2.05, 4.69) is 16.5 Å². The Labute approximate surface area is 127 Å². The molecule has 0 radical (unpaired) electrons. The molecule has 0 aliphatic carbocycles. The van der Waals surface area contributed by atoms with Crippen molar-refractivity contribution in [1.29, 1.82) is 0 Å². The maximum absolute atomic E-state index is 13.4. The number of hydrogen-bond donors (Lipinski definition) is 0. The summed E-state index contributed by atoms with van der Waals surface area (Å²) >= 11 is 7.91. The lowest BCUT2D eigenvalue weighted by Crippen LogP contribution is -2.25. The molecular formula is C15H18ClFN2S. The first-order valence-corrected chi connectivity index (χ1v) is 8.48. The summed E-state index contributed by atoms with van der Waals surface area (Å²) in [5, 5.41) is 0. The van der Waals surface area contributed by atoms with Crippen LogP contribution in [0.25, 0.3) is 11.0 Å². The number of aromatic nitrogens is 2. The number of alkyl halides is 1. The Balaban J connectivity index is 2.04. The van der Waals surface area contributed by atoms with E-state index >= 15 is 0 Å². The summed E-state index contributed by atoms with van der Waals surface area (Å²) < 4.78 is 15.8. The minimum atomic E-state index is -0.235. The lowest BCUT2D eigenvalue weighted by molar-refractivity contribution is 0.507. The molecule has 0 N–H and O–H groups in total. The standard InChI is InChI=1S/C15H18ClFN2S/c1-15(6-2-8-20-15)10-19-13-4-3-11(17)9-12(13)18-14(19)5-7-16/h3-4,9H,2,5-8,10H2,1H3. The molecule has 5 heteroatoms. The van der Waals surface area contributed by atoms with Crippen molar-refractivity contribution < 1.29 is 4.39 Å². The van der Waals surface area contributed by atoms with Crippen molar-refractivity contribution in [2.75, 3.05) is 11.6 Å². The molecule has 0 bridgehead atoms. The summed E-state index contributed by atoms with van der Waals surface area (Å²) in [6.45, 7) is 3.23. The monoisotopic (exact) mass is 312 g/mol. The Kier molecular flexibility index (Phi) is 3.95. The van der Waals surface area contributed by atoms with Crippen molar-refractivity contribution in [3.05, 3.63) is 29.8 Å².